The van der Waals surface area contributed by atoms with Crippen LogP contribution in [0.2, 0.25) is 0 Å². The van der Waals surface area contributed by atoms with E-state index in [2.05, 4.69) is 5.32 Å². The minimum Gasteiger partial charge on any atom is -0.424 e. The Bertz CT molecular complexity index is 480. The van der Waals surface area contributed by atoms with Gasteiger partial charge < -0.3 is 14.8 Å². The number of nitrogens with one attached hydrogen (secondary N) is 2. The van der Waals surface area contributed by atoms with Gasteiger partial charge in [0, 0.05) is 6.54 Å². The van der Waals surface area contributed by atoms with Gasteiger partial charge in [0.2, 0.25) is 0 Å². The SMILES string of the molecule is CCCNC(=O)NC1(C(F)(F)F)Oc2ccccc2O1. The average Bonchev–Trinajstić information content (AvgIpc) is 2.75. The summed E-state index contributed by atoms with van der Waals surface area (Å²) in [6, 6.07) is 4.65. The van der Waals surface area contributed by atoms with Crippen molar-refractivity contribution in [2.24, 2.45) is 0 Å². The van der Waals surface area contributed by atoms with E-state index in [0.717, 1.165) is 0 Å². The molecule has 2 amide bonds. The van der Waals surface area contributed by atoms with Gasteiger partial charge in [0.05, 0.1) is 0 Å². The normalized spacial score (nSPS) is 15.8. The Balaban J connectivity index is 2.20. The third-order valence-corrected chi connectivity index (χ3v) is 2.54. The Kier molecular flexibility index (Phi) is 3.65. The average molecular weight is 290 g/mol. The number of carbonyl (C=O) groups excluding carboxylic acids is 1. The Morgan fingerprint density at radius 1 is 1.25 bits per heavy atom. The third-order valence-electron chi connectivity index (χ3n) is 2.54. The molecule has 1 heterocycles. The number of urea groups is 1. The van der Waals surface area contributed by atoms with Gasteiger partial charge in [-0.25, -0.2) is 4.79 Å². The Hall–Kier alpha value is -2.12. The van der Waals surface area contributed by atoms with Crippen LogP contribution in [0.5, 0.6) is 11.5 Å². The number of rotatable bonds is 3. The molecule has 1 aliphatic heterocycles. The van der Waals surface area contributed by atoms with Crippen molar-refractivity contribution < 1.29 is 27.4 Å². The molecule has 0 saturated carbocycles. The van der Waals surface area contributed by atoms with E-state index in [0.29, 0.717) is 6.42 Å². The highest BCUT2D eigenvalue weighted by Crippen LogP contribution is 2.44. The number of carbonyl (C=O) groups is 1. The van der Waals surface area contributed by atoms with Gasteiger partial charge in [0.1, 0.15) is 0 Å². The molecule has 0 aliphatic carbocycles. The predicted molar refractivity (Wildman–Crippen MR) is 63.3 cm³/mol. The largest absolute Gasteiger partial charge is 0.492 e. The molecule has 8 heteroatoms. The van der Waals surface area contributed by atoms with Crippen LogP contribution in [0.4, 0.5) is 18.0 Å². The highest BCUT2D eigenvalue weighted by molar-refractivity contribution is 5.74. The quantitative estimate of drug-likeness (QED) is 0.898. The minimum absolute atomic E-state index is 0.0828. The van der Waals surface area contributed by atoms with Crippen LogP contribution in [-0.2, 0) is 0 Å². The van der Waals surface area contributed by atoms with Gasteiger partial charge in [-0.3, -0.25) is 5.32 Å². The first kappa shape index (κ1) is 14.3. The van der Waals surface area contributed by atoms with Crippen LogP contribution in [0.3, 0.4) is 0 Å². The highest BCUT2D eigenvalue weighted by atomic mass is 19.4. The molecular formula is C12H13F3N2O3. The maximum absolute atomic E-state index is 13.2. The first-order valence-corrected chi connectivity index (χ1v) is 5.98. The van der Waals surface area contributed by atoms with Crippen molar-refractivity contribution in [2.75, 3.05) is 6.54 Å². The molecule has 1 aliphatic rings. The van der Waals surface area contributed by atoms with Crippen LogP contribution in [-0.4, -0.2) is 24.7 Å². The number of para-hydroxylation sites is 2. The van der Waals surface area contributed by atoms with Gasteiger partial charge in [0.15, 0.2) is 11.5 Å². The van der Waals surface area contributed by atoms with Crippen LogP contribution < -0.4 is 20.1 Å². The lowest BCUT2D eigenvalue weighted by molar-refractivity contribution is -0.317. The van der Waals surface area contributed by atoms with E-state index >= 15 is 0 Å². The summed E-state index contributed by atoms with van der Waals surface area (Å²) in [4.78, 5) is 11.5. The molecule has 110 valence electrons. The number of amides is 2. The topological polar surface area (TPSA) is 59.6 Å². The summed E-state index contributed by atoms with van der Waals surface area (Å²) in [7, 11) is 0. The molecule has 0 radical (unpaired) electrons. The Labute approximate surface area is 113 Å². The molecule has 0 spiro atoms. The van der Waals surface area contributed by atoms with Crippen LogP contribution in [0, 0.1) is 0 Å². The third kappa shape index (κ3) is 2.59. The van der Waals surface area contributed by atoms with Crippen molar-refractivity contribution in [3.63, 3.8) is 0 Å². The number of ether oxygens (including phenoxy) is 2. The summed E-state index contributed by atoms with van der Waals surface area (Å²) in [6.45, 7) is 2.02. The van der Waals surface area contributed by atoms with Crippen molar-refractivity contribution in [2.45, 2.75) is 25.4 Å². The van der Waals surface area contributed by atoms with Crippen LogP contribution in [0.15, 0.2) is 24.3 Å². The number of hydrogen-bond donors (Lipinski definition) is 2. The molecular weight excluding hydrogens is 277 g/mol. The Morgan fingerprint density at radius 2 is 1.80 bits per heavy atom. The van der Waals surface area contributed by atoms with Gasteiger partial charge in [-0.15, -0.1) is 0 Å². The zero-order valence-corrected chi connectivity index (χ0v) is 10.6. The van der Waals surface area contributed by atoms with E-state index in [9.17, 15) is 18.0 Å². The number of hydrogen-bond acceptors (Lipinski definition) is 3. The van der Waals surface area contributed by atoms with Crippen molar-refractivity contribution in [3.05, 3.63) is 24.3 Å². The van der Waals surface area contributed by atoms with Crippen LogP contribution in [0.1, 0.15) is 13.3 Å². The van der Waals surface area contributed by atoms with Crippen molar-refractivity contribution in [3.8, 4) is 11.5 Å². The minimum atomic E-state index is -4.93. The number of fused-ring (bicyclic) bond motifs is 1. The van der Waals surface area contributed by atoms with Crippen molar-refractivity contribution >= 4 is 6.03 Å². The fraction of sp³-hybridized carbons (Fsp3) is 0.417. The zero-order chi connectivity index (χ0) is 14.8. The molecule has 1 aromatic rings. The van der Waals surface area contributed by atoms with Gasteiger partial charge in [0.25, 0.3) is 0 Å². The van der Waals surface area contributed by atoms with Gasteiger partial charge in [-0.05, 0) is 18.6 Å². The Morgan fingerprint density at radius 3 is 2.25 bits per heavy atom. The van der Waals surface area contributed by atoms with E-state index in [1.165, 1.54) is 24.3 Å². The second-order valence-electron chi connectivity index (χ2n) is 4.15. The van der Waals surface area contributed by atoms with Gasteiger partial charge >= 0.3 is 18.1 Å². The molecule has 5 nitrogen and oxygen atoms in total. The summed E-state index contributed by atoms with van der Waals surface area (Å²) >= 11 is 0. The van der Waals surface area contributed by atoms with Crippen LogP contribution in [0.25, 0.3) is 0 Å². The molecule has 2 rings (SSSR count). The number of halogens is 3. The molecule has 0 bridgehead atoms. The molecule has 0 fully saturated rings. The first-order chi connectivity index (χ1) is 9.38. The molecule has 0 unspecified atom stereocenters. The van der Waals surface area contributed by atoms with Crippen LogP contribution >= 0.6 is 0 Å². The molecule has 0 atom stereocenters. The van der Waals surface area contributed by atoms with E-state index < -0.39 is 18.1 Å². The monoisotopic (exact) mass is 290 g/mol. The van der Waals surface area contributed by atoms with Crippen molar-refractivity contribution in [1.82, 2.24) is 10.6 Å². The highest BCUT2D eigenvalue weighted by Gasteiger charge is 2.65. The summed E-state index contributed by atoms with van der Waals surface area (Å²) in [5.74, 6) is -3.37. The maximum atomic E-state index is 13.2. The lowest BCUT2D eigenvalue weighted by Gasteiger charge is -2.29. The summed E-state index contributed by atoms with van der Waals surface area (Å²) in [5, 5.41) is 3.97. The lowest BCUT2D eigenvalue weighted by atomic mass is 10.3. The maximum Gasteiger partial charge on any atom is 0.492 e. The number of alkyl halides is 3. The van der Waals surface area contributed by atoms with E-state index in [1.54, 1.807) is 12.2 Å². The molecule has 20 heavy (non-hydrogen) atoms. The second-order valence-corrected chi connectivity index (χ2v) is 4.15. The molecule has 0 saturated heterocycles. The fourth-order valence-corrected chi connectivity index (χ4v) is 1.62. The van der Waals surface area contributed by atoms with E-state index in [-0.39, 0.29) is 18.0 Å². The predicted octanol–water partition coefficient (Wildman–Crippen LogP) is 2.38. The smallest absolute Gasteiger partial charge is 0.424 e. The summed E-state index contributed by atoms with van der Waals surface area (Å²) in [6.07, 6.45) is -4.34. The summed E-state index contributed by atoms with van der Waals surface area (Å²) < 4.78 is 49.1. The lowest BCUT2D eigenvalue weighted by Crippen LogP contribution is -2.66. The van der Waals surface area contributed by atoms with E-state index in [1.807, 2.05) is 0 Å². The molecule has 0 aromatic heterocycles. The molecule has 1 aromatic carbocycles. The van der Waals surface area contributed by atoms with Crippen molar-refractivity contribution in [1.29, 1.82) is 0 Å². The zero-order valence-electron chi connectivity index (χ0n) is 10.6. The standard InChI is InChI=1S/C12H13F3N2O3/c1-2-7-16-10(18)17-12(11(13,14)15)19-8-5-3-4-6-9(8)20-12/h3-6H,2,7H2,1H3,(H2,16,17,18). The molecule has 2 N–H and O–H groups in total. The van der Waals surface area contributed by atoms with E-state index in [4.69, 9.17) is 9.47 Å². The second kappa shape index (κ2) is 5.10. The first-order valence-electron chi connectivity index (χ1n) is 5.98. The fourth-order valence-electron chi connectivity index (χ4n) is 1.62. The van der Waals surface area contributed by atoms with Gasteiger partial charge in [-0.1, -0.05) is 19.1 Å². The van der Waals surface area contributed by atoms with Gasteiger partial charge in [-0.2, -0.15) is 13.2 Å². The number of benzene rings is 1. The summed E-state index contributed by atoms with van der Waals surface area (Å²) in [5.41, 5.74) is 0.